The van der Waals surface area contributed by atoms with Crippen molar-refractivity contribution in [2.24, 2.45) is 0 Å². The minimum Gasteiger partial charge on any atom is -0.483 e. The van der Waals surface area contributed by atoms with Crippen LogP contribution in [0.4, 0.5) is 9.18 Å². The Morgan fingerprint density at radius 2 is 2.00 bits per heavy atom. The highest BCUT2D eigenvalue weighted by Gasteiger charge is 2.32. The molecular formula is C19H20FNO3. The Kier molecular flexibility index (Phi) is 4.42. The predicted molar refractivity (Wildman–Crippen MR) is 89.0 cm³/mol. The fourth-order valence-electron chi connectivity index (χ4n) is 2.76. The summed E-state index contributed by atoms with van der Waals surface area (Å²) >= 11 is 0. The van der Waals surface area contributed by atoms with Crippen LogP contribution in [-0.2, 0) is 12.8 Å². The van der Waals surface area contributed by atoms with Gasteiger partial charge in [-0.25, -0.2) is 9.18 Å². The van der Waals surface area contributed by atoms with Crippen LogP contribution in [0.1, 0.15) is 25.0 Å². The topological polar surface area (TPSA) is 47.6 Å². The van der Waals surface area contributed by atoms with Gasteiger partial charge in [-0.05, 0) is 44.0 Å². The second-order valence-corrected chi connectivity index (χ2v) is 6.48. The summed E-state index contributed by atoms with van der Waals surface area (Å²) in [7, 11) is 0. The normalized spacial score (nSPS) is 14.6. The largest absolute Gasteiger partial charge is 0.483 e. The van der Waals surface area contributed by atoms with E-state index in [0.29, 0.717) is 24.5 Å². The van der Waals surface area contributed by atoms with Crippen LogP contribution >= 0.6 is 0 Å². The van der Waals surface area contributed by atoms with Crippen molar-refractivity contribution < 1.29 is 18.7 Å². The van der Waals surface area contributed by atoms with E-state index in [9.17, 15) is 9.18 Å². The second kappa shape index (κ2) is 6.51. The van der Waals surface area contributed by atoms with Crippen molar-refractivity contribution in [2.75, 3.05) is 6.54 Å². The lowest BCUT2D eigenvalue weighted by Crippen LogP contribution is -2.29. The van der Waals surface area contributed by atoms with E-state index in [-0.39, 0.29) is 11.4 Å². The molecule has 1 aliphatic rings. The number of carbonyl (C=O) groups is 1. The van der Waals surface area contributed by atoms with Gasteiger partial charge in [0.05, 0.1) is 0 Å². The van der Waals surface area contributed by atoms with Crippen LogP contribution in [0.15, 0.2) is 42.5 Å². The van der Waals surface area contributed by atoms with Crippen molar-refractivity contribution in [3.05, 3.63) is 59.4 Å². The molecule has 2 aromatic rings. The summed E-state index contributed by atoms with van der Waals surface area (Å²) < 4.78 is 24.1. The lowest BCUT2D eigenvalue weighted by Gasteiger charge is -2.18. The van der Waals surface area contributed by atoms with Gasteiger partial charge in [0.2, 0.25) is 0 Å². The van der Waals surface area contributed by atoms with Gasteiger partial charge in [-0.2, -0.15) is 0 Å². The van der Waals surface area contributed by atoms with Crippen molar-refractivity contribution in [2.45, 2.75) is 32.3 Å². The molecule has 0 aromatic heterocycles. The molecule has 0 unspecified atom stereocenters. The number of benzene rings is 2. The number of halogens is 1. The molecule has 0 saturated heterocycles. The van der Waals surface area contributed by atoms with E-state index < -0.39 is 6.09 Å². The van der Waals surface area contributed by atoms with E-state index in [2.05, 4.69) is 5.32 Å². The van der Waals surface area contributed by atoms with Crippen LogP contribution in [0, 0.1) is 5.82 Å². The number of ether oxygens (including phenoxy) is 2. The quantitative estimate of drug-likeness (QED) is 0.926. The fourth-order valence-corrected chi connectivity index (χ4v) is 2.76. The minimum atomic E-state index is -0.529. The molecule has 2 aromatic carbocycles. The molecule has 0 fully saturated rings. The van der Waals surface area contributed by atoms with E-state index in [4.69, 9.17) is 9.47 Å². The Hall–Kier alpha value is -2.56. The van der Waals surface area contributed by atoms with Crippen LogP contribution in [0.25, 0.3) is 0 Å². The number of hydrogen-bond acceptors (Lipinski definition) is 3. The van der Waals surface area contributed by atoms with Gasteiger partial charge in [0, 0.05) is 18.5 Å². The van der Waals surface area contributed by atoms with E-state index in [1.165, 1.54) is 12.1 Å². The van der Waals surface area contributed by atoms with Gasteiger partial charge < -0.3 is 14.8 Å². The summed E-state index contributed by atoms with van der Waals surface area (Å²) in [5, 5.41) is 2.70. The predicted octanol–water partition coefficient (Wildman–Crippen LogP) is 3.87. The zero-order valence-corrected chi connectivity index (χ0v) is 13.8. The molecule has 0 bridgehead atoms. The van der Waals surface area contributed by atoms with E-state index in [0.717, 1.165) is 17.5 Å². The zero-order valence-electron chi connectivity index (χ0n) is 13.8. The Labute approximate surface area is 140 Å². The monoisotopic (exact) mass is 329 g/mol. The first-order valence-electron chi connectivity index (χ1n) is 7.94. The standard InChI is InChI=1S/C19H20FNO3/c1-19(2)12-14-4-3-5-16(17(14)24-19)23-18(22)21-11-10-13-6-8-15(20)9-7-13/h3-9H,10-12H2,1-2H3,(H,21,22). The summed E-state index contributed by atoms with van der Waals surface area (Å²) in [5.41, 5.74) is 1.69. The van der Waals surface area contributed by atoms with Crippen molar-refractivity contribution in [3.63, 3.8) is 0 Å². The maximum absolute atomic E-state index is 12.8. The third-order valence-electron chi connectivity index (χ3n) is 3.85. The highest BCUT2D eigenvalue weighted by atomic mass is 19.1. The molecule has 1 aliphatic heterocycles. The maximum Gasteiger partial charge on any atom is 0.412 e. The van der Waals surface area contributed by atoms with E-state index in [1.807, 2.05) is 26.0 Å². The average Bonchev–Trinajstić information content (AvgIpc) is 2.84. The fraction of sp³-hybridized carbons (Fsp3) is 0.316. The molecule has 4 nitrogen and oxygen atoms in total. The van der Waals surface area contributed by atoms with Crippen LogP contribution in [-0.4, -0.2) is 18.2 Å². The molecule has 1 amide bonds. The van der Waals surface area contributed by atoms with Gasteiger partial charge in [0.25, 0.3) is 0 Å². The highest BCUT2D eigenvalue weighted by molar-refractivity contribution is 5.72. The molecule has 24 heavy (non-hydrogen) atoms. The number of para-hydroxylation sites is 1. The summed E-state index contributed by atoms with van der Waals surface area (Å²) in [6.45, 7) is 4.41. The van der Waals surface area contributed by atoms with Gasteiger partial charge in [-0.1, -0.05) is 24.3 Å². The molecule has 0 atom stereocenters. The molecule has 1 N–H and O–H groups in total. The maximum atomic E-state index is 12.8. The molecule has 0 saturated carbocycles. The zero-order chi connectivity index (χ0) is 17.2. The molecule has 1 heterocycles. The molecule has 0 spiro atoms. The van der Waals surface area contributed by atoms with E-state index >= 15 is 0 Å². The minimum absolute atomic E-state index is 0.271. The molecule has 0 radical (unpaired) electrons. The third-order valence-corrected chi connectivity index (χ3v) is 3.85. The summed E-state index contributed by atoms with van der Waals surface area (Å²) in [6, 6.07) is 11.7. The van der Waals surface area contributed by atoms with Crippen molar-refractivity contribution >= 4 is 6.09 Å². The molecule has 3 rings (SSSR count). The van der Waals surface area contributed by atoms with Gasteiger partial charge in [-0.15, -0.1) is 0 Å². The number of fused-ring (bicyclic) bond motifs is 1. The first-order chi connectivity index (χ1) is 11.4. The molecule has 0 aliphatic carbocycles. The summed E-state index contributed by atoms with van der Waals surface area (Å²) in [5.74, 6) is 0.792. The number of rotatable bonds is 4. The highest BCUT2D eigenvalue weighted by Crippen LogP contribution is 2.41. The van der Waals surface area contributed by atoms with Crippen molar-refractivity contribution in [1.29, 1.82) is 0 Å². The number of amides is 1. The van der Waals surface area contributed by atoms with Crippen LogP contribution in [0.3, 0.4) is 0 Å². The summed E-state index contributed by atoms with van der Waals surface area (Å²) in [4.78, 5) is 12.0. The molecule has 126 valence electrons. The Morgan fingerprint density at radius 3 is 2.75 bits per heavy atom. The van der Waals surface area contributed by atoms with Gasteiger partial charge in [-0.3, -0.25) is 0 Å². The molecular weight excluding hydrogens is 309 g/mol. The Balaban J connectivity index is 1.55. The van der Waals surface area contributed by atoms with Gasteiger partial charge in [0.15, 0.2) is 11.5 Å². The van der Waals surface area contributed by atoms with Crippen LogP contribution < -0.4 is 14.8 Å². The van der Waals surface area contributed by atoms with E-state index in [1.54, 1.807) is 18.2 Å². The van der Waals surface area contributed by atoms with Crippen LogP contribution in [0.5, 0.6) is 11.5 Å². The number of carbonyl (C=O) groups excluding carboxylic acids is 1. The third kappa shape index (κ3) is 3.85. The first kappa shape index (κ1) is 16.3. The van der Waals surface area contributed by atoms with Crippen LogP contribution in [0.2, 0.25) is 0 Å². The first-order valence-corrected chi connectivity index (χ1v) is 7.94. The molecule has 5 heteroatoms. The number of hydrogen-bond donors (Lipinski definition) is 1. The van der Waals surface area contributed by atoms with Crippen molar-refractivity contribution in [3.8, 4) is 11.5 Å². The average molecular weight is 329 g/mol. The Morgan fingerprint density at radius 1 is 1.25 bits per heavy atom. The lowest BCUT2D eigenvalue weighted by molar-refractivity contribution is 0.133. The SMILES string of the molecule is CC1(C)Cc2cccc(OC(=O)NCCc3ccc(F)cc3)c2O1. The van der Waals surface area contributed by atoms with Gasteiger partial charge in [0.1, 0.15) is 11.4 Å². The Bertz CT molecular complexity index is 741. The van der Waals surface area contributed by atoms with Crippen molar-refractivity contribution in [1.82, 2.24) is 5.32 Å². The smallest absolute Gasteiger partial charge is 0.412 e. The lowest BCUT2D eigenvalue weighted by atomic mass is 10.0. The number of nitrogens with one attached hydrogen (secondary N) is 1. The second-order valence-electron chi connectivity index (χ2n) is 6.48. The van der Waals surface area contributed by atoms with Gasteiger partial charge >= 0.3 is 6.09 Å². The summed E-state index contributed by atoms with van der Waals surface area (Å²) in [6.07, 6.45) is 0.858.